The monoisotopic (exact) mass is 276 g/mol. The number of hydrogen-bond acceptors (Lipinski definition) is 6. The van der Waals surface area contributed by atoms with E-state index in [9.17, 15) is 4.79 Å². The molecule has 0 unspecified atom stereocenters. The lowest BCUT2D eigenvalue weighted by atomic mass is 10.2. The zero-order valence-electron chi connectivity index (χ0n) is 10.8. The molecule has 0 aliphatic carbocycles. The van der Waals surface area contributed by atoms with Crippen LogP contribution in [-0.4, -0.2) is 45.5 Å². The number of carboxylic acid groups (broad SMARTS) is 1. The summed E-state index contributed by atoms with van der Waals surface area (Å²) in [6, 6.07) is 5.13. The van der Waals surface area contributed by atoms with Crippen LogP contribution in [0.15, 0.2) is 24.3 Å². The van der Waals surface area contributed by atoms with Gasteiger partial charge in [0.2, 0.25) is 0 Å². The molecule has 20 heavy (non-hydrogen) atoms. The van der Waals surface area contributed by atoms with Gasteiger partial charge in [0.1, 0.15) is 17.2 Å². The number of tetrazole rings is 1. The van der Waals surface area contributed by atoms with Crippen LogP contribution < -0.4 is 9.47 Å². The van der Waals surface area contributed by atoms with Gasteiger partial charge in [-0.25, -0.2) is 4.79 Å². The summed E-state index contributed by atoms with van der Waals surface area (Å²) in [5.41, 5.74) is 0.543. The van der Waals surface area contributed by atoms with Gasteiger partial charge in [0.05, 0.1) is 14.2 Å². The molecule has 0 spiro atoms. The van der Waals surface area contributed by atoms with E-state index in [4.69, 9.17) is 14.6 Å². The van der Waals surface area contributed by atoms with Crippen molar-refractivity contribution in [3.63, 3.8) is 0 Å². The van der Waals surface area contributed by atoms with Crippen molar-refractivity contribution < 1.29 is 19.4 Å². The van der Waals surface area contributed by atoms with Crippen LogP contribution in [0.2, 0.25) is 0 Å². The third kappa shape index (κ3) is 2.74. The minimum Gasteiger partial charge on any atom is -0.497 e. The highest BCUT2D eigenvalue weighted by Gasteiger charge is 2.12. The minimum atomic E-state index is -1.09. The van der Waals surface area contributed by atoms with Crippen molar-refractivity contribution in [1.29, 1.82) is 0 Å². The van der Waals surface area contributed by atoms with E-state index in [-0.39, 0.29) is 5.82 Å². The second kappa shape index (κ2) is 5.83. The molecule has 0 saturated carbocycles. The lowest BCUT2D eigenvalue weighted by Gasteiger charge is -2.10. The molecule has 1 heterocycles. The molecule has 0 aliphatic rings. The number of carboxylic acids is 1. The van der Waals surface area contributed by atoms with E-state index in [1.165, 1.54) is 25.0 Å². The van der Waals surface area contributed by atoms with Crippen LogP contribution in [0, 0.1) is 0 Å². The summed E-state index contributed by atoms with van der Waals surface area (Å²) < 4.78 is 11.7. The lowest BCUT2D eigenvalue weighted by molar-refractivity contribution is -0.131. The molecule has 0 radical (unpaired) electrons. The van der Waals surface area contributed by atoms with Gasteiger partial charge in [-0.2, -0.15) is 4.68 Å². The number of benzene rings is 1. The Hall–Kier alpha value is -2.90. The molecule has 2 rings (SSSR count). The fraction of sp³-hybridized carbons (Fsp3) is 0.167. The number of aromatic nitrogens is 4. The van der Waals surface area contributed by atoms with E-state index in [0.717, 1.165) is 6.08 Å². The third-order valence-corrected chi connectivity index (χ3v) is 2.48. The highest BCUT2D eigenvalue weighted by atomic mass is 16.5. The molecule has 0 atom stereocenters. The second-order valence-corrected chi connectivity index (χ2v) is 3.66. The van der Waals surface area contributed by atoms with Gasteiger partial charge in [-0.05, 0) is 28.6 Å². The van der Waals surface area contributed by atoms with E-state index in [0.29, 0.717) is 17.2 Å². The van der Waals surface area contributed by atoms with Crippen molar-refractivity contribution in [3.8, 4) is 17.2 Å². The summed E-state index contributed by atoms with van der Waals surface area (Å²) in [6.07, 6.45) is 2.25. The van der Waals surface area contributed by atoms with Gasteiger partial charge in [-0.1, -0.05) is 0 Å². The zero-order valence-corrected chi connectivity index (χ0v) is 10.8. The number of nitrogens with zero attached hydrogens (tertiary/aromatic N) is 4. The van der Waals surface area contributed by atoms with E-state index < -0.39 is 5.97 Å². The number of rotatable bonds is 5. The molecule has 1 aromatic carbocycles. The first-order valence-corrected chi connectivity index (χ1v) is 5.57. The maximum atomic E-state index is 10.6. The number of ether oxygens (including phenoxy) is 2. The van der Waals surface area contributed by atoms with Gasteiger partial charge in [-0.15, -0.1) is 5.10 Å². The number of carbonyl (C=O) groups is 1. The number of aliphatic carboxylic acids is 1. The van der Waals surface area contributed by atoms with Crippen LogP contribution in [0.1, 0.15) is 5.82 Å². The van der Waals surface area contributed by atoms with Gasteiger partial charge < -0.3 is 14.6 Å². The Morgan fingerprint density at radius 1 is 1.35 bits per heavy atom. The first-order chi connectivity index (χ1) is 9.65. The topological polar surface area (TPSA) is 99.4 Å². The van der Waals surface area contributed by atoms with Crippen molar-refractivity contribution in [2.75, 3.05) is 14.2 Å². The fourth-order valence-corrected chi connectivity index (χ4v) is 1.58. The molecule has 0 amide bonds. The summed E-state index contributed by atoms with van der Waals surface area (Å²) in [6.45, 7) is 0. The highest BCUT2D eigenvalue weighted by molar-refractivity contribution is 5.84. The summed E-state index contributed by atoms with van der Waals surface area (Å²) in [5, 5.41) is 19.8. The van der Waals surface area contributed by atoms with Crippen LogP contribution in [0.3, 0.4) is 0 Å². The average molecular weight is 276 g/mol. The van der Waals surface area contributed by atoms with Crippen LogP contribution >= 0.6 is 0 Å². The number of hydrogen-bond donors (Lipinski definition) is 1. The molecule has 8 nitrogen and oxygen atoms in total. The SMILES string of the molecule is COc1ccc(OC)c(-n2nnnc2/C=C/C(=O)O)c1. The Balaban J connectivity index is 2.51. The molecule has 2 aromatic rings. The van der Waals surface area contributed by atoms with Crippen molar-refractivity contribution in [1.82, 2.24) is 20.2 Å². The van der Waals surface area contributed by atoms with Gasteiger partial charge >= 0.3 is 5.97 Å². The predicted octanol–water partition coefficient (Wildman–Crippen LogP) is 0.777. The van der Waals surface area contributed by atoms with E-state index in [2.05, 4.69) is 15.5 Å². The minimum absolute atomic E-state index is 0.263. The van der Waals surface area contributed by atoms with Crippen molar-refractivity contribution >= 4 is 12.0 Å². The maximum Gasteiger partial charge on any atom is 0.328 e. The molecular weight excluding hydrogens is 264 g/mol. The molecule has 0 saturated heterocycles. The normalized spacial score (nSPS) is 10.7. The molecule has 0 aliphatic heterocycles. The summed E-state index contributed by atoms with van der Waals surface area (Å²) in [4.78, 5) is 10.6. The zero-order chi connectivity index (χ0) is 14.5. The van der Waals surface area contributed by atoms with E-state index >= 15 is 0 Å². The first-order valence-electron chi connectivity index (χ1n) is 5.57. The molecule has 1 aromatic heterocycles. The van der Waals surface area contributed by atoms with Crippen LogP contribution in [0.25, 0.3) is 11.8 Å². The Labute approximate surface area is 114 Å². The summed E-state index contributed by atoms with van der Waals surface area (Å²) >= 11 is 0. The molecule has 0 fully saturated rings. The van der Waals surface area contributed by atoms with Crippen LogP contribution in [0.4, 0.5) is 0 Å². The largest absolute Gasteiger partial charge is 0.497 e. The second-order valence-electron chi connectivity index (χ2n) is 3.66. The third-order valence-electron chi connectivity index (χ3n) is 2.48. The maximum absolute atomic E-state index is 10.6. The Morgan fingerprint density at radius 3 is 2.80 bits per heavy atom. The molecule has 8 heteroatoms. The summed E-state index contributed by atoms with van der Waals surface area (Å²) in [7, 11) is 3.05. The van der Waals surface area contributed by atoms with Crippen molar-refractivity contribution in [2.45, 2.75) is 0 Å². The smallest absolute Gasteiger partial charge is 0.328 e. The molecule has 104 valence electrons. The molecule has 1 N–H and O–H groups in total. The first kappa shape index (κ1) is 13.5. The Morgan fingerprint density at radius 2 is 2.15 bits per heavy atom. The van der Waals surface area contributed by atoms with E-state index in [1.807, 2.05) is 0 Å². The Kier molecular flexibility index (Phi) is 3.94. The van der Waals surface area contributed by atoms with E-state index in [1.54, 1.807) is 18.2 Å². The lowest BCUT2D eigenvalue weighted by Crippen LogP contribution is -2.03. The van der Waals surface area contributed by atoms with Gasteiger partial charge in [-0.3, -0.25) is 0 Å². The predicted molar refractivity (Wildman–Crippen MR) is 68.9 cm³/mol. The quantitative estimate of drug-likeness (QED) is 0.805. The van der Waals surface area contributed by atoms with Crippen LogP contribution in [0.5, 0.6) is 11.5 Å². The van der Waals surface area contributed by atoms with Gasteiger partial charge in [0.15, 0.2) is 5.82 Å². The average Bonchev–Trinajstić information content (AvgIpc) is 2.92. The van der Waals surface area contributed by atoms with Crippen LogP contribution in [-0.2, 0) is 4.79 Å². The van der Waals surface area contributed by atoms with Gasteiger partial charge in [0, 0.05) is 12.1 Å². The van der Waals surface area contributed by atoms with Gasteiger partial charge in [0.25, 0.3) is 0 Å². The fourth-order valence-electron chi connectivity index (χ4n) is 1.58. The standard InChI is InChI=1S/C12H12N4O4/c1-19-8-3-4-10(20-2)9(7-8)16-11(13-14-15-16)5-6-12(17)18/h3-7H,1-2H3,(H,17,18)/b6-5+. The highest BCUT2D eigenvalue weighted by Crippen LogP contribution is 2.27. The number of methoxy groups -OCH3 is 2. The molecule has 0 bridgehead atoms. The van der Waals surface area contributed by atoms with Crippen molar-refractivity contribution in [3.05, 3.63) is 30.1 Å². The Bertz CT molecular complexity index is 651. The van der Waals surface area contributed by atoms with Crippen molar-refractivity contribution in [2.24, 2.45) is 0 Å². The molecular formula is C12H12N4O4. The summed E-state index contributed by atoms with van der Waals surface area (Å²) in [5.74, 6) is 0.309.